The van der Waals surface area contributed by atoms with Gasteiger partial charge in [-0.2, -0.15) is 0 Å². The van der Waals surface area contributed by atoms with Gasteiger partial charge in [-0.25, -0.2) is 9.50 Å². The van der Waals surface area contributed by atoms with E-state index in [9.17, 15) is 0 Å². The lowest BCUT2D eigenvalue weighted by Crippen LogP contribution is -2.06. The SMILES string of the molecule is CCCCCNc1ccc2ncc(-c3cccc4ccccc34)n2n1. The van der Waals surface area contributed by atoms with E-state index in [1.807, 2.05) is 22.8 Å². The number of hydrogen-bond donors (Lipinski definition) is 1. The summed E-state index contributed by atoms with van der Waals surface area (Å²) in [6.45, 7) is 3.16. The summed E-state index contributed by atoms with van der Waals surface area (Å²) >= 11 is 0. The molecule has 0 saturated heterocycles. The number of anilines is 1. The average Bonchev–Trinajstić information content (AvgIpc) is 3.08. The van der Waals surface area contributed by atoms with Crippen molar-refractivity contribution in [1.82, 2.24) is 14.6 Å². The van der Waals surface area contributed by atoms with Crippen molar-refractivity contribution in [3.63, 3.8) is 0 Å². The van der Waals surface area contributed by atoms with Gasteiger partial charge < -0.3 is 5.32 Å². The van der Waals surface area contributed by atoms with E-state index >= 15 is 0 Å². The summed E-state index contributed by atoms with van der Waals surface area (Å²) < 4.78 is 1.93. The number of rotatable bonds is 6. The predicted molar refractivity (Wildman–Crippen MR) is 104 cm³/mol. The third-order valence-electron chi connectivity index (χ3n) is 4.51. The van der Waals surface area contributed by atoms with E-state index in [1.165, 1.54) is 23.6 Å². The normalized spacial score (nSPS) is 11.2. The van der Waals surface area contributed by atoms with Crippen molar-refractivity contribution in [3.05, 3.63) is 60.8 Å². The number of aromatic nitrogens is 3. The molecule has 0 atom stereocenters. The molecule has 0 spiro atoms. The molecule has 2 aromatic heterocycles. The summed E-state index contributed by atoms with van der Waals surface area (Å²) in [6, 6.07) is 18.8. The second-order valence-corrected chi connectivity index (χ2v) is 6.29. The Balaban J connectivity index is 1.74. The number of benzene rings is 2. The third-order valence-corrected chi connectivity index (χ3v) is 4.51. The van der Waals surface area contributed by atoms with Crippen LogP contribution in [0.15, 0.2) is 60.8 Å². The van der Waals surface area contributed by atoms with E-state index in [0.29, 0.717) is 0 Å². The van der Waals surface area contributed by atoms with Gasteiger partial charge in [-0.15, -0.1) is 5.10 Å². The zero-order valence-electron chi connectivity index (χ0n) is 14.4. The minimum Gasteiger partial charge on any atom is -0.369 e. The zero-order valence-corrected chi connectivity index (χ0v) is 14.4. The molecule has 0 amide bonds. The summed E-state index contributed by atoms with van der Waals surface area (Å²) in [5.41, 5.74) is 3.03. The fraction of sp³-hybridized carbons (Fsp3) is 0.238. The van der Waals surface area contributed by atoms with E-state index in [1.54, 1.807) is 0 Å². The first-order valence-electron chi connectivity index (χ1n) is 8.93. The number of imidazole rings is 1. The molecule has 0 aliphatic heterocycles. The Labute approximate surface area is 147 Å². The Kier molecular flexibility index (Phi) is 4.34. The van der Waals surface area contributed by atoms with Crippen LogP contribution in [0.2, 0.25) is 0 Å². The van der Waals surface area contributed by atoms with Gasteiger partial charge in [-0.3, -0.25) is 0 Å². The van der Waals surface area contributed by atoms with E-state index in [0.717, 1.165) is 35.7 Å². The Bertz CT molecular complexity index is 998. The molecule has 1 N–H and O–H groups in total. The lowest BCUT2D eigenvalue weighted by molar-refractivity contribution is 0.740. The zero-order chi connectivity index (χ0) is 17.1. The maximum absolute atomic E-state index is 4.76. The van der Waals surface area contributed by atoms with Gasteiger partial charge in [-0.05, 0) is 29.3 Å². The van der Waals surface area contributed by atoms with Crippen molar-refractivity contribution in [3.8, 4) is 11.3 Å². The van der Waals surface area contributed by atoms with E-state index in [4.69, 9.17) is 5.10 Å². The van der Waals surface area contributed by atoms with Crippen molar-refractivity contribution in [2.45, 2.75) is 26.2 Å². The Morgan fingerprint density at radius 2 is 1.84 bits per heavy atom. The first-order valence-corrected chi connectivity index (χ1v) is 8.93. The van der Waals surface area contributed by atoms with Gasteiger partial charge in [0.05, 0.1) is 11.9 Å². The third kappa shape index (κ3) is 3.07. The Morgan fingerprint density at radius 3 is 2.76 bits per heavy atom. The van der Waals surface area contributed by atoms with Crippen molar-refractivity contribution in [1.29, 1.82) is 0 Å². The monoisotopic (exact) mass is 330 g/mol. The van der Waals surface area contributed by atoms with Crippen LogP contribution >= 0.6 is 0 Å². The quantitative estimate of drug-likeness (QED) is 0.497. The van der Waals surface area contributed by atoms with Crippen LogP contribution in [0.4, 0.5) is 5.82 Å². The summed E-state index contributed by atoms with van der Waals surface area (Å²) in [7, 11) is 0. The molecule has 4 nitrogen and oxygen atoms in total. The molecule has 0 unspecified atom stereocenters. The van der Waals surface area contributed by atoms with E-state index < -0.39 is 0 Å². The fourth-order valence-corrected chi connectivity index (χ4v) is 3.19. The molecule has 25 heavy (non-hydrogen) atoms. The van der Waals surface area contributed by atoms with Crippen LogP contribution in [0.1, 0.15) is 26.2 Å². The van der Waals surface area contributed by atoms with Crippen molar-refractivity contribution in [2.75, 3.05) is 11.9 Å². The highest BCUT2D eigenvalue weighted by atomic mass is 15.3. The number of nitrogens with one attached hydrogen (secondary N) is 1. The lowest BCUT2D eigenvalue weighted by Gasteiger charge is -2.08. The molecule has 0 aliphatic rings. The average molecular weight is 330 g/mol. The summed E-state index contributed by atoms with van der Waals surface area (Å²) in [5.74, 6) is 0.892. The molecule has 4 heteroatoms. The Hall–Kier alpha value is -2.88. The van der Waals surface area contributed by atoms with E-state index in [2.05, 4.69) is 59.7 Å². The largest absolute Gasteiger partial charge is 0.369 e. The number of unbranched alkanes of at least 4 members (excludes halogenated alkanes) is 2. The highest BCUT2D eigenvalue weighted by Gasteiger charge is 2.10. The molecule has 0 bridgehead atoms. The molecule has 4 aromatic rings. The van der Waals surface area contributed by atoms with Crippen LogP contribution in [-0.4, -0.2) is 21.1 Å². The predicted octanol–water partition coefficient (Wildman–Crippen LogP) is 5.15. The highest BCUT2D eigenvalue weighted by molar-refractivity contribution is 5.96. The molecule has 0 aliphatic carbocycles. The lowest BCUT2D eigenvalue weighted by atomic mass is 10.0. The topological polar surface area (TPSA) is 42.2 Å². The van der Waals surface area contributed by atoms with Crippen molar-refractivity contribution < 1.29 is 0 Å². The second kappa shape index (κ2) is 6.93. The number of nitrogens with zero attached hydrogens (tertiary/aromatic N) is 3. The minimum atomic E-state index is 0.863. The summed E-state index contributed by atoms with van der Waals surface area (Å²) in [5, 5.41) is 10.6. The van der Waals surface area contributed by atoms with Crippen molar-refractivity contribution in [2.24, 2.45) is 0 Å². The van der Waals surface area contributed by atoms with Crippen LogP contribution in [-0.2, 0) is 0 Å². The highest BCUT2D eigenvalue weighted by Crippen LogP contribution is 2.28. The molecular weight excluding hydrogens is 308 g/mol. The maximum atomic E-state index is 4.76. The molecule has 2 aromatic carbocycles. The van der Waals surface area contributed by atoms with Gasteiger partial charge in [0.15, 0.2) is 5.65 Å². The van der Waals surface area contributed by atoms with Gasteiger partial charge in [0.25, 0.3) is 0 Å². The van der Waals surface area contributed by atoms with Crippen LogP contribution in [0, 0.1) is 0 Å². The number of hydrogen-bond acceptors (Lipinski definition) is 3. The first-order chi connectivity index (χ1) is 12.4. The molecule has 2 heterocycles. The van der Waals surface area contributed by atoms with Gasteiger partial charge >= 0.3 is 0 Å². The second-order valence-electron chi connectivity index (χ2n) is 6.29. The van der Waals surface area contributed by atoms with Gasteiger partial charge in [-0.1, -0.05) is 62.2 Å². The molecule has 0 radical (unpaired) electrons. The van der Waals surface area contributed by atoms with Crippen LogP contribution < -0.4 is 5.32 Å². The standard InChI is InChI=1S/C21H22N4/c1-2-3-6-14-22-20-12-13-21-23-15-19(25(21)24-20)18-11-7-9-16-8-4-5-10-17(16)18/h4-5,7-13,15H,2-3,6,14H2,1H3,(H,22,24). The molecule has 0 saturated carbocycles. The minimum absolute atomic E-state index is 0.863. The molecule has 0 fully saturated rings. The molecule has 126 valence electrons. The fourth-order valence-electron chi connectivity index (χ4n) is 3.19. The summed E-state index contributed by atoms with van der Waals surface area (Å²) in [6.07, 6.45) is 5.53. The van der Waals surface area contributed by atoms with Crippen LogP contribution in [0.3, 0.4) is 0 Å². The van der Waals surface area contributed by atoms with E-state index in [-0.39, 0.29) is 0 Å². The van der Waals surface area contributed by atoms with Crippen LogP contribution in [0.25, 0.3) is 27.7 Å². The van der Waals surface area contributed by atoms with Crippen molar-refractivity contribution >= 4 is 22.2 Å². The van der Waals surface area contributed by atoms with Gasteiger partial charge in [0, 0.05) is 12.1 Å². The van der Waals surface area contributed by atoms with Gasteiger partial charge in [0.2, 0.25) is 0 Å². The number of fused-ring (bicyclic) bond motifs is 2. The smallest absolute Gasteiger partial charge is 0.154 e. The summed E-state index contributed by atoms with van der Waals surface area (Å²) in [4.78, 5) is 4.53. The molecular formula is C21H22N4. The van der Waals surface area contributed by atoms with Crippen LogP contribution in [0.5, 0.6) is 0 Å². The maximum Gasteiger partial charge on any atom is 0.154 e. The van der Waals surface area contributed by atoms with Gasteiger partial charge in [0.1, 0.15) is 5.82 Å². The Morgan fingerprint density at radius 1 is 0.960 bits per heavy atom. The first kappa shape index (κ1) is 15.6. The molecule has 4 rings (SSSR count).